The summed E-state index contributed by atoms with van der Waals surface area (Å²) in [5.74, 6) is -1.76. The molecule has 0 fully saturated rings. The summed E-state index contributed by atoms with van der Waals surface area (Å²) < 4.78 is 27.1. The van der Waals surface area contributed by atoms with Crippen LogP contribution >= 0.6 is 12.2 Å². The molecule has 0 aliphatic carbocycles. The van der Waals surface area contributed by atoms with E-state index >= 15 is 0 Å². The third kappa shape index (κ3) is 3.92. The summed E-state index contributed by atoms with van der Waals surface area (Å²) in [7, 11) is 0. The van der Waals surface area contributed by atoms with Crippen molar-refractivity contribution in [1.29, 1.82) is 0 Å². The molecule has 0 heterocycles. The molecule has 0 saturated heterocycles. The Morgan fingerprint density at radius 1 is 1.33 bits per heavy atom. The predicted molar refractivity (Wildman–Crippen MR) is 69.4 cm³/mol. The highest BCUT2D eigenvalue weighted by atomic mass is 32.1. The van der Waals surface area contributed by atoms with Crippen LogP contribution in [-0.4, -0.2) is 24.0 Å². The number of carbonyl (C=O) groups is 1. The van der Waals surface area contributed by atoms with Gasteiger partial charge in [0, 0.05) is 25.6 Å². The maximum Gasteiger partial charge on any atom is 0.216 e. The minimum atomic E-state index is -0.777. The van der Waals surface area contributed by atoms with Gasteiger partial charge in [0.15, 0.2) is 0 Å². The average molecular weight is 273 g/mol. The Morgan fingerprint density at radius 2 is 1.89 bits per heavy atom. The van der Waals surface area contributed by atoms with E-state index in [1.165, 1.54) is 6.92 Å². The highest BCUT2D eigenvalue weighted by molar-refractivity contribution is 7.80. The molecule has 0 aliphatic heterocycles. The number of hydrogen-bond donors (Lipinski definition) is 3. The van der Waals surface area contributed by atoms with E-state index in [4.69, 9.17) is 5.73 Å². The smallest absolute Gasteiger partial charge is 0.216 e. The zero-order valence-corrected chi connectivity index (χ0v) is 10.5. The molecule has 0 spiro atoms. The van der Waals surface area contributed by atoms with Gasteiger partial charge in [-0.1, -0.05) is 12.2 Å². The van der Waals surface area contributed by atoms with Crippen molar-refractivity contribution in [3.05, 3.63) is 29.3 Å². The Hall–Kier alpha value is -1.76. The molecular weight excluding hydrogens is 260 g/mol. The van der Waals surface area contributed by atoms with Crippen LogP contribution in [0, 0.1) is 11.6 Å². The van der Waals surface area contributed by atoms with Gasteiger partial charge in [-0.25, -0.2) is 8.78 Å². The van der Waals surface area contributed by atoms with Gasteiger partial charge in [0.05, 0.1) is 0 Å². The van der Waals surface area contributed by atoms with Gasteiger partial charge in [-0.05, 0) is 12.1 Å². The quantitative estimate of drug-likeness (QED) is 0.556. The number of halogens is 2. The number of nitrogens with two attached hydrogens (primary N) is 1. The number of nitrogens with one attached hydrogen (secondary N) is 2. The molecule has 0 bridgehead atoms. The molecule has 0 unspecified atom stereocenters. The maximum absolute atomic E-state index is 13.6. The van der Waals surface area contributed by atoms with Gasteiger partial charge in [0.1, 0.15) is 22.3 Å². The van der Waals surface area contributed by atoms with Crippen LogP contribution in [0.1, 0.15) is 12.5 Å². The lowest BCUT2D eigenvalue weighted by Crippen LogP contribution is -2.26. The number of hydrogen-bond acceptors (Lipinski definition) is 3. The molecule has 0 aromatic heterocycles. The molecule has 18 heavy (non-hydrogen) atoms. The van der Waals surface area contributed by atoms with Gasteiger partial charge >= 0.3 is 0 Å². The van der Waals surface area contributed by atoms with E-state index < -0.39 is 11.6 Å². The lowest BCUT2D eigenvalue weighted by molar-refractivity contribution is -0.118. The normalized spacial score (nSPS) is 9.94. The Labute approximate surface area is 109 Å². The average Bonchev–Trinajstić information content (AvgIpc) is 2.26. The number of rotatable bonds is 5. The molecule has 1 aromatic carbocycles. The first kappa shape index (κ1) is 14.3. The van der Waals surface area contributed by atoms with E-state index in [2.05, 4.69) is 22.9 Å². The van der Waals surface area contributed by atoms with E-state index in [1.54, 1.807) is 0 Å². The Morgan fingerprint density at radius 3 is 2.33 bits per heavy atom. The van der Waals surface area contributed by atoms with Crippen LogP contribution in [0.2, 0.25) is 0 Å². The highest BCUT2D eigenvalue weighted by Crippen LogP contribution is 2.20. The van der Waals surface area contributed by atoms with Crippen LogP contribution in [0.25, 0.3) is 0 Å². The molecule has 4 nitrogen and oxygen atoms in total. The zero-order chi connectivity index (χ0) is 13.7. The van der Waals surface area contributed by atoms with E-state index in [9.17, 15) is 13.6 Å². The number of amides is 1. The van der Waals surface area contributed by atoms with Crippen molar-refractivity contribution in [2.24, 2.45) is 5.73 Å². The second-order valence-corrected chi connectivity index (χ2v) is 4.03. The number of thiocarbonyl (C=S) groups is 1. The Kier molecular flexibility index (Phi) is 4.96. The van der Waals surface area contributed by atoms with Crippen LogP contribution in [0.15, 0.2) is 12.1 Å². The highest BCUT2D eigenvalue weighted by Gasteiger charge is 2.11. The summed E-state index contributed by atoms with van der Waals surface area (Å²) in [6.07, 6.45) is 0. The van der Waals surface area contributed by atoms with Gasteiger partial charge in [-0.15, -0.1) is 0 Å². The first-order valence-electron chi connectivity index (χ1n) is 5.19. The molecule has 1 rings (SSSR count). The third-order valence-corrected chi connectivity index (χ3v) is 2.36. The van der Waals surface area contributed by atoms with Crippen LogP contribution in [-0.2, 0) is 4.79 Å². The molecule has 0 radical (unpaired) electrons. The van der Waals surface area contributed by atoms with Crippen molar-refractivity contribution in [3.63, 3.8) is 0 Å². The monoisotopic (exact) mass is 273 g/mol. The summed E-state index contributed by atoms with van der Waals surface area (Å²) in [6.45, 7) is 1.84. The minimum Gasteiger partial charge on any atom is -0.389 e. The van der Waals surface area contributed by atoms with Gasteiger partial charge in [0.2, 0.25) is 5.91 Å². The van der Waals surface area contributed by atoms with Gasteiger partial charge in [-0.3, -0.25) is 4.79 Å². The zero-order valence-electron chi connectivity index (χ0n) is 9.72. The van der Waals surface area contributed by atoms with E-state index in [0.29, 0.717) is 0 Å². The number of carbonyl (C=O) groups excluding carboxylic acids is 1. The van der Waals surface area contributed by atoms with Crippen molar-refractivity contribution in [1.82, 2.24) is 5.32 Å². The fourth-order valence-corrected chi connectivity index (χ4v) is 1.43. The number of anilines is 1. The first-order chi connectivity index (χ1) is 8.41. The SMILES string of the molecule is CC(=O)NCCNc1c(F)cc(C(N)=S)cc1F. The van der Waals surface area contributed by atoms with E-state index in [1.807, 2.05) is 0 Å². The van der Waals surface area contributed by atoms with E-state index in [0.717, 1.165) is 12.1 Å². The molecular formula is C11H13F2N3OS. The van der Waals surface area contributed by atoms with Crippen molar-refractivity contribution in [2.45, 2.75) is 6.92 Å². The van der Waals surface area contributed by atoms with Crippen LogP contribution in [0.4, 0.5) is 14.5 Å². The standard InChI is InChI=1S/C11H13F2N3OS/c1-6(17)15-2-3-16-10-8(12)4-7(11(14)18)5-9(10)13/h4-5,16H,2-3H2,1H3,(H2,14,18)(H,15,17). The molecule has 1 amide bonds. The Bertz CT molecular complexity index is 456. The van der Waals surface area contributed by atoms with Crippen molar-refractivity contribution in [3.8, 4) is 0 Å². The lowest BCUT2D eigenvalue weighted by atomic mass is 10.2. The topological polar surface area (TPSA) is 67.2 Å². The fourth-order valence-electron chi connectivity index (χ4n) is 1.31. The summed E-state index contributed by atoms with van der Waals surface area (Å²) in [5.41, 5.74) is 5.16. The van der Waals surface area contributed by atoms with Gasteiger partial charge in [-0.2, -0.15) is 0 Å². The molecule has 0 saturated carbocycles. The minimum absolute atomic E-state index is 0.0717. The second kappa shape index (κ2) is 6.25. The molecule has 1 aromatic rings. The molecule has 7 heteroatoms. The van der Waals surface area contributed by atoms with E-state index in [-0.39, 0.29) is 35.2 Å². The number of benzene rings is 1. The van der Waals surface area contributed by atoms with Crippen LogP contribution in [0.5, 0.6) is 0 Å². The molecule has 98 valence electrons. The van der Waals surface area contributed by atoms with Crippen molar-refractivity contribution in [2.75, 3.05) is 18.4 Å². The van der Waals surface area contributed by atoms with Gasteiger partial charge < -0.3 is 16.4 Å². The van der Waals surface area contributed by atoms with Gasteiger partial charge in [0.25, 0.3) is 0 Å². The lowest BCUT2D eigenvalue weighted by Gasteiger charge is -2.10. The summed E-state index contributed by atoms with van der Waals surface area (Å²) in [6, 6.07) is 2.12. The largest absolute Gasteiger partial charge is 0.389 e. The molecule has 4 N–H and O–H groups in total. The van der Waals surface area contributed by atoms with Crippen LogP contribution in [0.3, 0.4) is 0 Å². The maximum atomic E-state index is 13.6. The summed E-state index contributed by atoms with van der Waals surface area (Å²) in [5, 5.41) is 5.05. The second-order valence-electron chi connectivity index (χ2n) is 3.59. The third-order valence-electron chi connectivity index (χ3n) is 2.13. The van der Waals surface area contributed by atoms with Crippen molar-refractivity contribution >= 4 is 28.8 Å². The predicted octanol–water partition coefficient (Wildman–Crippen LogP) is 1.15. The molecule has 0 atom stereocenters. The Balaban J connectivity index is 2.72. The summed E-state index contributed by atoms with van der Waals surface area (Å²) in [4.78, 5) is 10.5. The summed E-state index contributed by atoms with van der Waals surface area (Å²) >= 11 is 4.64. The van der Waals surface area contributed by atoms with Crippen LogP contribution < -0.4 is 16.4 Å². The fraction of sp³-hybridized carbons (Fsp3) is 0.273. The first-order valence-corrected chi connectivity index (χ1v) is 5.59. The molecule has 0 aliphatic rings. The van der Waals surface area contributed by atoms with Crippen molar-refractivity contribution < 1.29 is 13.6 Å².